The van der Waals surface area contributed by atoms with Crippen LogP contribution in [0.1, 0.15) is 10.4 Å². The number of methoxy groups -OCH3 is 1. The first-order valence-electron chi connectivity index (χ1n) is 6.73. The molecule has 0 spiro atoms. The fourth-order valence-corrected chi connectivity index (χ4v) is 1.79. The van der Waals surface area contributed by atoms with Gasteiger partial charge in [0.15, 0.2) is 0 Å². The van der Waals surface area contributed by atoms with Gasteiger partial charge in [-0.2, -0.15) is 0 Å². The van der Waals surface area contributed by atoms with Crippen LogP contribution in [0.3, 0.4) is 0 Å². The Labute approximate surface area is 144 Å². The van der Waals surface area contributed by atoms with Crippen molar-refractivity contribution in [2.24, 2.45) is 0 Å². The van der Waals surface area contributed by atoms with Crippen molar-refractivity contribution in [2.45, 2.75) is 0 Å². The van der Waals surface area contributed by atoms with Gasteiger partial charge in [-0.1, -0.05) is 12.1 Å². The average molecular weight is 371 g/mol. The van der Waals surface area contributed by atoms with Gasteiger partial charge in [-0.05, 0) is 12.1 Å². The number of hydrogen-bond donors (Lipinski definition) is 2. The average Bonchev–Trinajstić information content (AvgIpc) is 2.56. The predicted octanol–water partition coefficient (Wildman–Crippen LogP) is 2.64. The number of rotatable bonds is 6. The van der Waals surface area contributed by atoms with Crippen molar-refractivity contribution in [1.29, 1.82) is 0 Å². The van der Waals surface area contributed by atoms with Gasteiger partial charge >= 0.3 is 93.8 Å². The number of hydrogen-bond acceptors (Lipinski definition) is 5. The van der Waals surface area contributed by atoms with Crippen LogP contribution in [0.25, 0.3) is 0 Å². The smallest absolute Gasteiger partial charge is 0.339 e. The van der Waals surface area contributed by atoms with Crippen LogP contribution in [0.4, 0.5) is 0 Å². The summed E-state index contributed by atoms with van der Waals surface area (Å²) >= 11 is 0.853. The Kier molecular flexibility index (Phi) is 8.72. The van der Waals surface area contributed by atoms with Crippen LogP contribution in [0.15, 0.2) is 48.5 Å². The molecular formula is C16H17O6Zn. The summed E-state index contributed by atoms with van der Waals surface area (Å²) in [5.74, 6) is 0.372. The van der Waals surface area contributed by atoms with E-state index in [2.05, 4.69) is 0 Å². The van der Waals surface area contributed by atoms with E-state index in [0.29, 0.717) is 13.2 Å². The van der Waals surface area contributed by atoms with Gasteiger partial charge in [-0.25, -0.2) is 4.79 Å². The summed E-state index contributed by atoms with van der Waals surface area (Å²) in [6.45, 7) is 1.26. The molecule has 0 atom stereocenters. The molecule has 0 aliphatic carbocycles. The van der Waals surface area contributed by atoms with Crippen LogP contribution in [0.5, 0.6) is 17.2 Å². The third kappa shape index (κ3) is 7.13. The van der Waals surface area contributed by atoms with Crippen molar-refractivity contribution in [3.8, 4) is 17.2 Å². The van der Waals surface area contributed by atoms with E-state index in [4.69, 9.17) is 23.2 Å². The molecule has 0 saturated heterocycles. The topological polar surface area (TPSA) is 85.2 Å². The first-order valence-corrected chi connectivity index (χ1v) is 7.94. The van der Waals surface area contributed by atoms with E-state index >= 15 is 0 Å². The van der Waals surface area contributed by atoms with Crippen LogP contribution in [0, 0.1) is 0 Å². The van der Waals surface area contributed by atoms with Gasteiger partial charge in [0.1, 0.15) is 11.3 Å². The number of phenols is 1. The minimum absolute atomic E-state index is 0.0671. The second-order valence-electron chi connectivity index (χ2n) is 4.25. The summed E-state index contributed by atoms with van der Waals surface area (Å²) < 4.78 is 15.4. The molecule has 2 N–H and O–H groups in total. The predicted molar refractivity (Wildman–Crippen MR) is 79.5 cm³/mol. The number of aromatic hydroxyl groups is 1. The van der Waals surface area contributed by atoms with Crippen molar-refractivity contribution in [2.75, 3.05) is 20.3 Å². The van der Waals surface area contributed by atoms with Gasteiger partial charge in [0, 0.05) is 0 Å². The van der Waals surface area contributed by atoms with Crippen molar-refractivity contribution >= 4 is 5.97 Å². The molecule has 0 fully saturated rings. The van der Waals surface area contributed by atoms with E-state index in [1.807, 2.05) is 24.3 Å². The zero-order valence-corrected chi connectivity index (χ0v) is 15.7. The summed E-state index contributed by atoms with van der Waals surface area (Å²) in [5, 5.41) is 17.3. The van der Waals surface area contributed by atoms with Crippen molar-refractivity contribution in [3.05, 3.63) is 54.1 Å². The Hall–Kier alpha value is -2.11. The minimum Gasteiger partial charge on any atom is -0.507 e. The van der Waals surface area contributed by atoms with Crippen molar-refractivity contribution in [3.63, 3.8) is 0 Å². The number of ether oxygens (including phenoxy) is 2. The van der Waals surface area contributed by atoms with Crippen LogP contribution < -0.4 is 9.47 Å². The molecule has 0 aliphatic heterocycles. The summed E-state index contributed by atoms with van der Waals surface area (Å²) in [6.07, 6.45) is 0. The molecule has 0 aliphatic rings. The van der Waals surface area contributed by atoms with Crippen LogP contribution in [0.2, 0.25) is 0 Å². The van der Waals surface area contributed by atoms with E-state index in [0.717, 1.165) is 30.2 Å². The van der Waals surface area contributed by atoms with Gasteiger partial charge in [-0.3, -0.25) is 0 Å². The fourth-order valence-electron chi connectivity index (χ4n) is 1.54. The maximum absolute atomic E-state index is 10.3. The summed E-state index contributed by atoms with van der Waals surface area (Å²) in [4.78, 5) is 10.3. The van der Waals surface area contributed by atoms with E-state index in [1.54, 1.807) is 19.2 Å². The van der Waals surface area contributed by atoms with E-state index in [1.165, 1.54) is 12.1 Å². The molecule has 0 radical (unpaired) electrons. The summed E-state index contributed by atoms with van der Waals surface area (Å²) in [5.41, 5.74) is -0.0671. The van der Waals surface area contributed by atoms with Crippen molar-refractivity contribution < 1.29 is 46.7 Å². The molecule has 23 heavy (non-hydrogen) atoms. The van der Waals surface area contributed by atoms with Gasteiger partial charge in [0.25, 0.3) is 0 Å². The van der Waals surface area contributed by atoms with Crippen LogP contribution >= 0.6 is 0 Å². The number of aromatic carboxylic acids is 1. The Bertz CT molecular complexity index is 600. The third-order valence-electron chi connectivity index (χ3n) is 2.69. The van der Waals surface area contributed by atoms with Gasteiger partial charge in [0.2, 0.25) is 0 Å². The zero-order valence-electron chi connectivity index (χ0n) is 12.8. The molecular weight excluding hydrogens is 354 g/mol. The number of carboxylic acid groups (broad SMARTS) is 1. The molecule has 7 heteroatoms. The Morgan fingerprint density at radius 3 is 2.13 bits per heavy atom. The monoisotopic (exact) mass is 369 g/mol. The molecule has 2 aromatic rings. The zero-order chi connectivity index (χ0) is 17.1. The SMILES string of the molecule is COc1ccc(OCC[O][Zn])cc1.O=C(O)c1ccccc1O. The molecule has 2 rings (SSSR count). The number of carbonyl (C=O) groups is 1. The molecule has 0 unspecified atom stereocenters. The molecule has 0 aromatic heterocycles. The second kappa shape index (κ2) is 10.6. The van der Waals surface area contributed by atoms with E-state index < -0.39 is 5.97 Å². The summed E-state index contributed by atoms with van der Waals surface area (Å²) in [6, 6.07) is 13.3. The standard InChI is InChI=1S/C9H11O3.C7H6O3.Zn/c1-11-8-2-4-9(5-3-8)12-7-6-10;8-6-4-2-1-3-5(6)7(9)10;/h2-5H,6-7H2,1H3;1-4,8H,(H,9,10);/q-1;;+1. The number of benzene rings is 2. The fraction of sp³-hybridized carbons (Fsp3) is 0.188. The molecule has 6 nitrogen and oxygen atoms in total. The quantitative estimate of drug-likeness (QED) is 0.600. The normalized spacial score (nSPS) is 9.52. The van der Waals surface area contributed by atoms with Gasteiger partial charge in [-0.15, -0.1) is 0 Å². The van der Waals surface area contributed by atoms with Gasteiger partial charge < -0.3 is 10.2 Å². The number of carboxylic acids is 1. The van der Waals surface area contributed by atoms with Crippen molar-refractivity contribution in [1.82, 2.24) is 0 Å². The Morgan fingerprint density at radius 1 is 1.04 bits per heavy atom. The Balaban J connectivity index is 0.000000238. The van der Waals surface area contributed by atoms with Crippen LogP contribution in [-0.2, 0) is 22.2 Å². The molecule has 0 saturated carbocycles. The largest absolute Gasteiger partial charge is 0.507 e. The molecule has 0 amide bonds. The molecule has 2 aromatic carbocycles. The van der Waals surface area contributed by atoms with E-state index in [9.17, 15) is 4.79 Å². The van der Waals surface area contributed by atoms with Crippen LogP contribution in [-0.4, -0.2) is 36.5 Å². The van der Waals surface area contributed by atoms with E-state index in [-0.39, 0.29) is 11.3 Å². The first kappa shape index (κ1) is 18.9. The third-order valence-corrected chi connectivity index (χ3v) is 3.30. The first-order chi connectivity index (χ1) is 11.1. The maximum Gasteiger partial charge on any atom is 0.339 e. The molecule has 119 valence electrons. The second-order valence-corrected chi connectivity index (χ2v) is 5.11. The number of para-hydroxylation sites is 1. The summed E-state index contributed by atoms with van der Waals surface area (Å²) in [7, 11) is 1.64. The minimum atomic E-state index is -1.11. The molecule has 0 heterocycles. The maximum atomic E-state index is 10.3. The van der Waals surface area contributed by atoms with Gasteiger partial charge in [0.05, 0.1) is 0 Å². The Morgan fingerprint density at radius 2 is 1.65 bits per heavy atom. The molecule has 0 bridgehead atoms.